The molecule has 2 atom stereocenters. The summed E-state index contributed by atoms with van der Waals surface area (Å²) in [6, 6.07) is 8.74. The number of methoxy groups -OCH3 is 1. The molecule has 0 bridgehead atoms. The van der Waals surface area contributed by atoms with Gasteiger partial charge in [0.25, 0.3) is 0 Å². The minimum Gasteiger partial charge on any atom is -0.497 e. The number of hydrogen-bond acceptors (Lipinski definition) is 3. The van der Waals surface area contributed by atoms with Gasteiger partial charge >= 0.3 is 0 Å². The Morgan fingerprint density at radius 3 is 2.43 bits per heavy atom. The molecule has 0 spiro atoms. The van der Waals surface area contributed by atoms with Gasteiger partial charge in [-0.05, 0) is 55.9 Å². The van der Waals surface area contributed by atoms with Crippen LogP contribution in [0.5, 0.6) is 5.75 Å². The standard InChI is InChI=1S/C18H27NO2/c1-20-16-11-9-15(10-12-16)19-18(17-8-5-13-21-17)14-6-3-2-4-7-14/h9-12,14,17-19H,2-8,13H2,1H3. The molecule has 0 aromatic heterocycles. The zero-order chi connectivity index (χ0) is 14.5. The fourth-order valence-electron chi connectivity index (χ4n) is 3.77. The van der Waals surface area contributed by atoms with Crippen molar-refractivity contribution < 1.29 is 9.47 Å². The highest BCUT2D eigenvalue weighted by Crippen LogP contribution is 2.33. The lowest BCUT2D eigenvalue weighted by atomic mass is 9.81. The Kier molecular flexibility index (Phi) is 5.02. The first-order chi connectivity index (χ1) is 10.4. The fourth-order valence-corrected chi connectivity index (χ4v) is 3.77. The van der Waals surface area contributed by atoms with Crippen LogP contribution in [0.1, 0.15) is 44.9 Å². The number of anilines is 1. The van der Waals surface area contributed by atoms with Crippen LogP contribution in [-0.4, -0.2) is 25.9 Å². The first-order valence-electron chi connectivity index (χ1n) is 8.39. The van der Waals surface area contributed by atoms with E-state index >= 15 is 0 Å². The summed E-state index contributed by atoms with van der Waals surface area (Å²) in [5.74, 6) is 1.66. The Hall–Kier alpha value is -1.22. The van der Waals surface area contributed by atoms with E-state index in [0.717, 1.165) is 18.3 Å². The van der Waals surface area contributed by atoms with Crippen molar-refractivity contribution >= 4 is 5.69 Å². The first kappa shape index (κ1) is 14.7. The lowest BCUT2D eigenvalue weighted by molar-refractivity contribution is 0.0712. The Bertz CT molecular complexity index is 419. The molecule has 3 heteroatoms. The number of nitrogens with one attached hydrogen (secondary N) is 1. The van der Waals surface area contributed by atoms with Crippen LogP contribution in [0.2, 0.25) is 0 Å². The minimum absolute atomic E-state index is 0.384. The van der Waals surface area contributed by atoms with Gasteiger partial charge in [0.15, 0.2) is 0 Å². The Labute approximate surface area is 128 Å². The summed E-state index contributed by atoms with van der Waals surface area (Å²) in [6.07, 6.45) is 9.62. The Morgan fingerprint density at radius 2 is 1.81 bits per heavy atom. The van der Waals surface area contributed by atoms with E-state index in [2.05, 4.69) is 17.4 Å². The van der Waals surface area contributed by atoms with E-state index in [1.54, 1.807) is 7.11 Å². The van der Waals surface area contributed by atoms with Gasteiger partial charge in [-0.2, -0.15) is 0 Å². The molecule has 21 heavy (non-hydrogen) atoms. The van der Waals surface area contributed by atoms with Gasteiger partial charge in [-0.25, -0.2) is 0 Å². The highest BCUT2D eigenvalue weighted by atomic mass is 16.5. The third-order valence-electron chi connectivity index (χ3n) is 4.95. The second-order valence-electron chi connectivity index (χ2n) is 6.35. The summed E-state index contributed by atoms with van der Waals surface area (Å²) in [4.78, 5) is 0. The average molecular weight is 289 g/mol. The third kappa shape index (κ3) is 3.70. The van der Waals surface area contributed by atoms with Crippen LogP contribution in [0.4, 0.5) is 5.69 Å². The van der Waals surface area contributed by atoms with E-state index in [1.165, 1.54) is 50.6 Å². The Balaban J connectivity index is 1.70. The van der Waals surface area contributed by atoms with E-state index < -0.39 is 0 Å². The maximum atomic E-state index is 6.00. The molecule has 1 saturated heterocycles. The summed E-state index contributed by atoms with van der Waals surface area (Å²) in [5.41, 5.74) is 1.18. The van der Waals surface area contributed by atoms with Gasteiger partial charge in [-0.15, -0.1) is 0 Å². The molecule has 2 fully saturated rings. The molecule has 1 heterocycles. The van der Waals surface area contributed by atoms with Crippen molar-refractivity contribution in [3.63, 3.8) is 0 Å². The largest absolute Gasteiger partial charge is 0.497 e. The number of hydrogen-bond donors (Lipinski definition) is 1. The van der Waals surface area contributed by atoms with E-state index in [9.17, 15) is 0 Å². The topological polar surface area (TPSA) is 30.5 Å². The monoisotopic (exact) mass is 289 g/mol. The molecule has 1 aromatic carbocycles. The van der Waals surface area contributed by atoms with Crippen molar-refractivity contribution in [2.45, 2.75) is 57.1 Å². The van der Waals surface area contributed by atoms with Gasteiger partial charge in [-0.3, -0.25) is 0 Å². The van der Waals surface area contributed by atoms with Crippen molar-refractivity contribution in [2.75, 3.05) is 19.0 Å². The van der Waals surface area contributed by atoms with Crippen molar-refractivity contribution in [1.29, 1.82) is 0 Å². The molecular formula is C18H27NO2. The van der Waals surface area contributed by atoms with E-state index in [4.69, 9.17) is 9.47 Å². The second-order valence-corrected chi connectivity index (χ2v) is 6.35. The van der Waals surface area contributed by atoms with Crippen molar-refractivity contribution in [3.8, 4) is 5.75 Å². The van der Waals surface area contributed by atoms with Crippen LogP contribution < -0.4 is 10.1 Å². The van der Waals surface area contributed by atoms with Crippen molar-refractivity contribution in [2.24, 2.45) is 5.92 Å². The van der Waals surface area contributed by atoms with Crippen LogP contribution in [0.25, 0.3) is 0 Å². The third-order valence-corrected chi connectivity index (χ3v) is 4.95. The van der Waals surface area contributed by atoms with Crippen LogP contribution >= 0.6 is 0 Å². The van der Waals surface area contributed by atoms with E-state index in [0.29, 0.717) is 12.1 Å². The van der Waals surface area contributed by atoms with Crippen molar-refractivity contribution in [1.82, 2.24) is 0 Å². The lowest BCUT2D eigenvalue weighted by Crippen LogP contribution is -2.40. The highest BCUT2D eigenvalue weighted by Gasteiger charge is 2.33. The zero-order valence-corrected chi connectivity index (χ0v) is 13.0. The maximum Gasteiger partial charge on any atom is 0.119 e. The van der Waals surface area contributed by atoms with Gasteiger partial charge < -0.3 is 14.8 Å². The summed E-state index contributed by atoms with van der Waals surface area (Å²) in [6.45, 7) is 0.929. The number of benzene rings is 1. The number of rotatable bonds is 5. The smallest absolute Gasteiger partial charge is 0.119 e. The minimum atomic E-state index is 0.384. The van der Waals surface area contributed by atoms with Gasteiger partial charge in [0.1, 0.15) is 5.75 Å². The molecule has 1 aliphatic heterocycles. The predicted octanol–water partition coefficient (Wildman–Crippen LogP) is 4.24. The quantitative estimate of drug-likeness (QED) is 0.879. The van der Waals surface area contributed by atoms with E-state index in [-0.39, 0.29) is 0 Å². The molecule has 3 nitrogen and oxygen atoms in total. The summed E-state index contributed by atoms with van der Waals surface area (Å²) < 4.78 is 11.2. The van der Waals surface area contributed by atoms with E-state index in [1.807, 2.05) is 12.1 Å². The molecular weight excluding hydrogens is 262 g/mol. The zero-order valence-electron chi connectivity index (χ0n) is 13.0. The molecule has 1 aromatic rings. The van der Waals surface area contributed by atoms with Gasteiger partial charge in [0, 0.05) is 12.3 Å². The second kappa shape index (κ2) is 7.17. The molecule has 3 rings (SSSR count). The highest BCUT2D eigenvalue weighted by molar-refractivity contribution is 5.47. The lowest BCUT2D eigenvalue weighted by Gasteiger charge is -2.35. The molecule has 2 aliphatic rings. The molecule has 1 saturated carbocycles. The van der Waals surface area contributed by atoms with Crippen LogP contribution in [0, 0.1) is 5.92 Å². The normalized spacial score (nSPS) is 24.7. The molecule has 1 aliphatic carbocycles. The van der Waals surface area contributed by atoms with Crippen LogP contribution in [-0.2, 0) is 4.74 Å². The molecule has 2 unspecified atom stereocenters. The molecule has 0 radical (unpaired) electrons. The summed E-state index contributed by atoms with van der Waals surface area (Å²) in [5, 5.41) is 3.76. The Morgan fingerprint density at radius 1 is 1.05 bits per heavy atom. The maximum absolute atomic E-state index is 6.00. The van der Waals surface area contributed by atoms with Crippen molar-refractivity contribution in [3.05, 3.63) is 24.3 Å². The summed E-state index contributed by atoms with van der Waals surface area (Å²) >= 11 is 0. The van der Waals surface area contributed by atoms with Crippen LogP contribution in [0.3, 0.4) is 0 Å². The van der Waals surface area contributed by atoms with Crippen LogP contribution in [0.15, 0.2) is 24.3 Å². The van der Waals surface area contributed by atoms with Gasteiger partial charge in [0.05, 0.1) is 19.3 Å². The molecule has 1 N–H and O–H groups in total. The van der Waals surface area contributed by atoms with Gasteiger partial charge in [-0.1, -0.05) is 19.3 Å². The molecule has 116 valence electrons. The summed E-state index contributed by atoms with van der Waals surface area (Å²) in [7, 11) is 1.71. The average Bonchev–Trinajstić information content (AvgIpc) is 3.08. The number of ether oxygens (including phenoxy) is 2. The molecule has 0 amide bonds. The first-order valence-corrected chi connectivity index (χ1v) is 8.39. The predicted molar refractivity (Wildman–Crippen MR) is 86.0 cm³/mol. The fraction of sp³-hybridized carbons (Fsp3) is 0.667. The SMILES string of the molecule is COc1ccc(NC(C2CCCCC2)C2CCCO2)cc1. The van der Waals surface area contributed by atoms with Gasteiger partial charge in [0.2, 0.25) is 0 Å².